The molecule has 2 heterocycles. The highest BCUT2D eigenvalue weighted by molar-refractivity contribution is 6.09. The van der Waals surface area contributed by atoms with Crippen molar-refractivity contribution >= 4 is 11.8 Å². The van der Waals surface area contributed by atoms with Gasteiger partial charge in [0.05, 0.1) is 11.5 Å². The smallest absolute Gasteiger partial charge is 0.240 e. The van der Waals surface area contributed by atoms with Gasteiger partial charge in [-0.05, 0) is 12.5 Å². The van der Waals surface area contributed by atoms with Gasteiger partial charge in [-0.3, -0.25) is 14.5 Å². The van der Waals surface area contributed by atoms with Gasteiger partial charge in [-0.1, -0.05) is 30.3 Å². The zero-order chi connectivity index (χ0) is 12.8. The molecule has 4 heteroatoms. The fraction of sp³-hybridized carbons (Fsp3) is 0.429. The molecule has 2 saturated heterocycles. The molecule has 1 N–H and O–H groups in total. The topological polar surface area (TPSA) is 49.4 Å². The van der Waals surface area contributed by atoms with E-state index >= 15 is 0 Å². The Kier molecular flexibility index (Phi) is 2.48. The number of benzene rings is 1. The number of carbonyl (C=O) groups is 2. The highest BCUT2D eigenvalue weighted by atomic mass is 16.2. The van der Waals surface area contributed by atoms with Crippen LogP contribution < -0.4 is 5.32 Å². The molecule has 18 heavy (non-hydrogen) atoms. The Bertz CT molecular complexity index is 496. The molecular formula is C14H16N2O2. The lowest BCUT2D eigenvalue weighted by Crippen LogP contribution is -2.59. The van der Waals surface area contributed by atoms with Crippen LogP contribution in [0, 0.1) is 0 Å². The van der Waals surface area contributed by atoms with Crippen molar-refractivity contribution in [1.82, 2.24) is 10.2 Å². The quantitative estimate of drug-likeness (QED) is 0.778. The van der Waals surface area contributed by atoms with Crippen molar-refractivity contribution in [2.45, 2.75) is 24.8 Å². The number of nitrogens with zero attached hydrogens (tertiary/aromatic N) is 1. The summed E-state index contributed by atoms with van der Waals surface area (Å²) >= 11 is 0. The zero-order valence-corrected chi connectivity index (χ0v) is 10.3. The SMILES string of the molecule is CC1(c2ccccc2)CC(=O)N(C2CNC2)C1=O. The molecule has 0 spiro atoms. The number of nitrogens with one attached hydrogen (secondary N) is 1. The average molecular weight is 244 g/mol. The first-order chi connectivity index (χ1) is 8.63. The van der Waals surface area contributed by atoms with E-state index in [9.17, 15) is 9.59 Å². The third-order valence-corrected chi connectivity index (χ3v) is 4.00. The summed E-state index contributed by atoms with van der Waals surface area (Å²) in [5, 5.41) is 3.10. The Morgan fingerprint density at radius 1 is 1.22 bits per heavy atom. The van der Waals surface area contributed by atoms with Gasteiger partial charge in [-0.25, -0.2) is 0 Å². The molecule has 2 aliphatic rings. The Balaban J connectivity index is 1.95. The molecule has 0 radical (unpaired) electrons. The second-order valence-corrected chi connectivity index (χ2v) is 5.26. The van der Waals surface area contributed by atoms with Crippen LogP contribution in [0.5, 0.6) is 0 Å². The van der Waals surface area contributed by atoms with Crippen LogP contribution in [-0.4, -0.2) is 35.8 Å². The highest BCUT2D eigenvalue weighted by Gasteiger charge is 2.52. The predicted octanol–water partition coefficient (Wildman–Crippen LogP) is 0.675. The van der Waals surface area contributed by atoms with Crippen LogP contribution in [-0.2, 0) is 15.0 Å². The fourth-order valence-corrected chi connectivity index (χ4v) is 2.70. The lowest BCUT2D eigenvalue weighted by molar-refractivity contribution is -0.143. The van der Waals surface area contributed by atoms with Crippen molar-refractivity contribution in [3.63, 3.8) is 0 Å². The normalized spacial score (nSPS) is 28.6. The molecule has 1 aromatic carbocycles. The molecule has 94 valence electrons. The van der Waals surface area contributed by atoms with Crippen LogP contribution in [0.1, 0.15) is 18.9 Å². The molecule has 3 rings (SSSR count). The Hall–Kier alpha value is -1.68. The summed E-state index contributed by atoms with van der Waals surface area (Å²) in [5.74, 6) is -0.0944. The van der Waals surface area contributed by atoms with Crippen molar-refractivity contribution in [3.8, 4) is 0 Å². The molecule has 1 unspecified atom stereocenters. The van der Waals surface area contributed by atoms with E-state index < -0.39 is 5.41 Å². The van der Waals surface area contributed by atoms with Gasteiger partial charge in [0.1, 0.15) is 0 Å². The molecular weight excluding hydrogens is 228 g/mol. The highest BCUT2D eigenvalue weighted by Crippen LogP contribution is 2.37. The molecule has 0 aliphatic carbocycles. The van der Waals surface area contributed by atoms with Gasteiger partial charge in [0.25, 0.3) is 0 Å². The van der Waals surface area contributed by atoms with E-state index in [0.29, 0.717) is 0 Å². The number of likely N-dealkylation sites (tertiary alicyclic amines) is 1. The summed E-state index contributed by atoms with van der Waals surface area (Å²) < 4.78 is 0. The number of hydrogen-bond donors (Lipinski definition) is 1. The number of imide groups is 1. The van der Waals surface area contributed by atoms with Crippen molar-refractivity contribution in [3.05, 3.63) is 35.9 Å². The lowest BCUT2D eigenvalue weighted by Gasteiger charge is -2.35. The van der Waals surface area contributed by atoms with Gasteiger partial charge >= 0.3 is 0 Å². The van der Waals surface area contributed by atoms with Crippen LogP contribution >= 0.6 is 0 Å². The lowest BCUT2D eigenvalue weighted by atomic mass is 9.81. The Morgan fingerprint density at radius 2 is 1.89 bits per heavy atom. The van der Waals surface area contributed by atoms with Crippen molar-refractivity contribution in [2.75, 3.05) is 13.1 Å². The third kappa shape index (κ3) is 1.49. The van der Waals surface area contributed by atoms with Crippen LogP contribution in [0.2, 0.25) is 0 Å². The molecule has 0 saturated carbocycles. The summed E-state index contributed by atoms with van der Waals surface area (Å²) in [6.07, 6.45) is 0.284. The van der Waals surface area contributed by atoms with E-state index in [2.05, 4.69) is 5.32 Å². The second kappa shape index (κ2) is 3.92. The number of carbonyl (C=O) groups excluding carboxylic acids is 2. The standard InChI is InChI=1S/C14H16N2O2/c1-14(10-5-3-2-4-6-10)7-12(17)16(13(14)18)11-8-15-9-11/h2-6,11,15H,7-9H2,1H3. The molecule has 2 fully saturated rings. The average Bonchev–Trinajstić information content (AvgIpc) is 2.54. The first kappa shape index (κ1) is 11.4. The Morgan fingerprint density at radius 3 is 2.44 bits per heavy atom. The largest absolute Gasteiger partial charge is 0.313 e. The van der Waals surface area contributed by atoms with Crippen LogP contribution in [0.3, 0.4) is 0 Å². The monoisotopic (exact) mass is 244 g/mol. The summed E-state index contributed by atoms with van der Waals surface area (Å²) in [5.41, 5.74) is 0.242. The summed E-state index contributed by atoms with van der Waals surface area (Å²) in [6.45, 7) is 3.32. The van der Waals surface area contributed by atoms with E-state index in [4.69, 9.17) is 0 Å². The molecule has 0 bridgehead atoms. The van der Waals surface area contributed by atoms with Crippen molar-refractivity contribution in [2.24, 2.45) is 0 Å². The minimum atomic E-state index is -0.687. The molecule has 2 amide bonds. The van der Waals surface area contributed by atoms with Gasteiger partial charge < -0.3 is 5.32 Å². The third-order valence-electron chi connectivity index (χ3n) is 4.00. The first-order valence-corrected chi connectivity index (χ1v) is 6.26. The van der Waals surface area contributed by atoms with Crippen LogP contribution in [0.25, 0.3) is 0 Å². The fourth-order valence-electron chi connectivity index (χ4n) is 2.70. The first-order valence-electron chi connectivity index (χ1n) is 6.26. The zero-order valence-electron chi connectivity index (χ0n) is 10.3. The number of amides is 2. The van der Waals surface area contributed by atoms with Crippen molar-refractivity contribution < 1.29 is 9.59 Å². The number of rotatable bonds is 2. The summed E-state index contributed by atoms with van der Waals surface area (Å²) in [6, 6.07) is 9.64. The molecule has 1 aromatic rings. The van der Waals surface area contributed by atoms with E-state index in [1.54, 1.807) is 0 Å². The second-order valence-electron chi connectivity index (χ2n) is 5.26. The van der Waals surface area contributed by atoms with Gasteiger partial charge in [0, 0.05) is 19.5 Å². The van der Waals surface area contributed by atoms with Crippen molar-refractivity contribution in [1.29, 1.82) is 0 Å². The molecule has 2 aliphatic heterocycles. The molecule has 0 aromatic heterocycles. The van der Waals surface area contributed by atoms with E-state index in [0.717, 1.165) is 18.7 Å². The van der Waals surface area contributed by atoms with E-state index in [1.807, 2.05) is 37.3 Å². The van der Waals surface area contributed by atoms with E-state index in [1.165, 1.54) is 4.90 Å². The van der Waals surface area contributed by atoms with Crippen LogP contribution in [0.15, 0.2) is 30.3 Å². The van der Waals surface area contributed by atoms with Gasteiger partial charge in [0.15, 0.2) is 0 Å². The minimum Gasteiger partial charge on any atom is -0.313 e. The van der Waals surface area contributed by atoms with Gasteiger partial charge in [-0.15, -0.1) is 0 Å². The van der Waals surface area contributed by atoms with Gasteiger partial charge in [-0.2, -0.15) is 0 Å². The molecule has 4 nitrogen and oxygen atoms in total. The van der Waals surface area contributed by atoms with Crippen LogP contribution in [0.4, 0.5) is 0 Å². The minimum absolute atomic E-state index is 0.0437. The maximum absolute atomic E-state index is 12.5. The maximum atomic E-state index is 12.5. The predicted molar refractivity (Wildman–Crippen MR) is 66.9 cm³/mol. The summed E-state index contributed by atoms with van der Waals surface area (Å²) in [4.78, 5) is 26.1. The number of hydrogen-bond acceptors (Lipinski definition) is 3. The Labute approximate surface area is 106 Å². The molecule has 1 atom stereocenters. The maximum Gasteiger partial charge on any atom is 0.240 e. The summed E-state index contributed by atoms with van der Waals surface area (Å²) in [7, 11) is 0. The van der Waals surface area contributed by atoms with E-state index in [-0.39, 0.29) is 24.3 Å². The van der Waals surface area contributed by atoms with Gasteiger partial charge in [0.2, 0.25) is 11.8 Å².